The molecule has 0 heterocycles. The van der Waals surface area contributed by atoms with E-state index in [0.717, 1.165) is 18.4 Å². The molecule has 0 fully saturated rings. The molecule has 0 saturated heterocycles. The summed E-state index contributed by atoms with van der Waals surface area (Å²) in [4.78, 5) is 0. The van der Waals surface area contributed by atoms with Crippen molar-refractivity contribution in [1.29, 1.82) is 0 Å². The number of rotatable bonds is 6. The van der Waals surface area contributed by atoms with E-state index < -0.39 is 0 Å². The van der Waals surface area contributed by atoms with Gasteiger partial charge in [0.15, 0.2) is 0 Å². The van der Waals surface area contributed by atoms with Gasteiger partial charge in [-0.05, 0) is 37.1 Å². The van der Waals surface area contributed by atoms with Crippen molar-refractivity contribution in [3.63, 3.8) is 0 Å². The van der Waals surface area contributed by atoms with Crippen molar-refractivity contribution in [2.45, 2.75) is 47.5 Å². The minimum absolute atomic E-state index is 0.483. The molecule has 0 saturated carbocycles. The highest BCUT2D eigenvalue weighted by atomic mass is 14.8. The lowest BCUT2D eigenvalue weighted by atomic mass is 9.76. The van der Waals surface area contributed by atoms with Crippen LogP contribution >= 0.6 is 0 Å². The molecule has 0 aromatic carbocycles. The Morgan fingerprint density at radius 2 is 1.38 bits per heavy atom. The summed E-state index contributed by atoms with van der Waals surface area (Å²) in [6, 6.07) is 0. The van der Waals surface area contributed by atoms with Gasteiger partial charge >= 0.3 is 0 Å². The normalized spacial score (nSPS) is 12.9. The van der Waals surface area contributed by atoms with Gasteiger partial charge in [-0.3, -0.25) is 0 Å². The Labute approximate surface area is 84.3 Å². The topological polar surface area (TPSA) is 12.0 Å². The van der Waals surface area contributed by atoms with Crippen molar-refractivity contribution in [2.75, 3.05) is 13.6 Å². The van der Waals surface area contributed by atoms with Crippen LogP contribution in [0.1, 0.15) is 47.5 Å². The van der Waals surface area contributed by atoms with Crippen molar-refractivity contribution in [1.82, 2.24) is 5.32 Å². The molecule has 1 heteroatoms. The zero-order chi connectivity index (χ0) is 10.5. The minimum atomic E-state index is 0.483. The Hall–Kier alpha value is -0.0400. The van der Waals surface area contributed by atoms with Crippen LogP contribution in [0.4, 0.5) is 0 Å². The van der Waals surface area contributed by atoms with Gasteiger partial charge in [0.2, 0.25) is 0 Å². The molecule has 1 nitrogen and oxygen atoms in total. The smallest absolute Gasteiger partial charge is 0.000235 e. The summed E-state index contributed by atoms with van der Waals surface area (Å²) >= 11 is 0. The largest absolute Gasteiger partial charge is 0.319 e. The van der Waals surface area contributed by atoms with E-state index in [-0.39, 0.29) is 0 Å². The maximum atomic E-state index is 3.32. The molecule has 0 unspecified atom stereocenters. The van der Waals surface area contributed by atoms with Gasteiger partial charge in [0.05, 0.1) is 0 Å². The molecule has 0 aromatic heterocycles. The van der Waals surface area contributed by atoms with Gasteiger partial charge < -0.3 is 5.32 Å². The van der Waals surface area contributed by atoms with Crippen LogP contribution in [0, 0.1) is 17.3 Å². The molecule has 0 aliphatic rings. The first-order valence-corrected chi connectivity index (χ1v) is 5.54. The van der Waals surface area contributed by atoms with Crippen molar-refractivity contribution in [3.8, 4) is 0 Å². The highest BCUT2D eigenvalue weighted by molar-refractivity contribution is 4.78. The third kappa shape index (κ3) is 6.09. The second-order valence-corrected chi connectivity index (χ2v) is 5.54. The SMILES string of the molecule is CNCC(C)(CC(C)C)CC(C)C. The van der Waals surface area contributed by atoms with E-state index in [1.54, 1.807) is 0 Å². The summed E-state index contributed by atoms with van der Waals surface area (Å²) in [5.74, 6) is 1.61. The molecule has 0 radical (unpaired) electrons. The van der Waals surface area contributed by atoms with Crippen LogP contribution in [0.3, 0.4) is 0 Å². The molecule has 0 bridgehead atoms. The van der Waals surface area contributed by atoms with Crippen LogP contribution in [0.25, 0.3) is 0 Å². The monoisotopic (exact) mass is 185 g/mol. The Balaban J connectivity index is 4.15. The van der Waals surface area contributed by atoms with Crippen LogP contribution in [0.15, 0.2) is 0 Å². The first-order chi connectivity index (χ1) is 5.89. The van der Waals surface area contributed by atoms with E-state index in [9.17, 15) is 0 Å². The van der Waals surface area contributed by atoms with Crippen molar-refractivity contribution in [3.05, 3.63) is 0 Å². The highest BCUT2D eigenvalue weighted by Gasteiger charge is 2.25. The van der Waals surface area contributed by atoms with E-state index in [1.165, 1.54) is 12.8 Å². The maximum Gasteiger partial charge on any atom is 0.000235 e. The summed E-state index contributed by atoms with van der Waals surface area (Å²) < 4.78 is 0. The van der Waals surface area contributed by atoms with Gasteiger partial charge in [0.25, 0.3) is 0 Å². The van der Waals surface area contributed by atoms with Crippen molar-refractivity contribution >= 4 is 0 Å². The molecule has 0 spiro atoms. The van der Waals surface area contributed by atoms with E-state index in [4.69, 9.17) is 0 Å². The van der Waals surface area contributed by atoms with Crippen LogP contribution in [-0.2, 0) is 0 Å². The molecule has 0 aliphatic carbocycles. The first-order valence-electron chi connectivity index (χ1n) is 5.54. The third-order valence-corrected chi connectivity index (χ3v) is 2.41. The fourth-order valence-electron chi connectivity index (χ4n) is 2.63. The predicted octanol–water partition coefficient (Wildman–Crippen LogP) is 3.30. The molecule has 0 aliphatic heterocycles. The molecule has 80 valence electrons. The van der Waals surface area contributed by atoms with E-state index in [0.29, 0.717) is 5.41 Å². The summed E-state index contributed by atoms with van der Waals surface area (Å²) in [5.41, 5.74) is 0.483. The summed E-state index contributed by atoms with van der Waals surface area (Å²) in [6.45, 7) is 12.8. The van der Waals surface area contributed by atoms with Crippen LogP contribution in [-0.4, -0.2) is 13.6 Å². The van der Waals surface area contributed by atoms with Gasteiger partial charge in [-0.2, -0.15) is 0 Å². The van der Waals surface area contributed by atoms with Crippen molar-refractivity contribution in [2.24, 2.45) is 17.3 Å². The average Bonchev–Trinajstić information content (AvgIpc) is 1.81. The van der Waals surface area contributed by atoms with E-state index in [1.807, 2.05) is 0 Å². The van der Waals surface area contributed by atoms with Crippen LogP contribution in [0.2, 0.25) is 0 Å². The van der Waals surface area contributed by atoms with Gasteiger partial charge in [0, 0.05) is 6.54 Å². The predicted molar refractivity (Wildman–Crippen MR) is 60.9 cm³/mol. The lowest BCUT2D eigenvalue weighted by Crippen LogP contribution is -2.32. The Morgan fingerprint density at radius 1 is 1.00 bits per heavy atom. The zero-order valence-corrected chi connectivity index (χ0v) is 10.3. The molecule has 0 amide bonds. The Kier molecular flexibility index (Phi) is 5.62. The van der Waals surface area contributed by atoms with Gasteiger partial charge in [-0.1, -0.05) is 34.6 Å². The fourth-order valence-corrected chi connectivity index (χ4v) is 2.63. The van der Waals surface area contributed by atoms with Gasteiger partial charge in [-0.15, -0.1) is 0 Å². The van der Waals surface area contributed by atoms with Crippen molar-refractivity contribution < 1.29 is 0 Å². The number of hydrogen-bond acceptors (Lipinski definition) is 1. The first kappa shape index (κ1) is 13.0. The molecular weight excluding hydrogens is 158 g/mol. The minimum Gasteiger partial charge on any atom is -0.319 e. The molecule has 1 N–H and O–H groups in total. The molecule has 0 atom stereocenters. The van der Waals surface area contributed by atoms with Crippen LogP contribution in [0.5, 0.6) is 0 Å². The molecule has 0 rings (SSSR count). The average molecular weight is 185 g/mol. The lowest BCUT2D eigenvalue weighted by molar-refractivity contribution is 0.203. The number of hydrogen-bond donors (Lipinski definition) is 1. The Morgan fingerprint density at radius 3 is 1.62 bits per heavy atom. The lowest BCUT2D eigenvalue weighted by Gasteiger charge is -2.33. The second-order valence-electron chi connectivity index (χ2n) is 5.54. The van der Waals surface area contributed by atoms with E-state index >= 15 is 0 Å². The second kappa shape index (κ2) is 5.64. The molecular formula is C12H27N. The zero-order valence-electron chi connectivity index (χ0n) is 10.3. The number of nitrogens with one attached hydrogen (secondary N) is 1. The van der Waals surface area contributed by atoms with Crippen LogP contribution < -0.4 is 5.32 Å². The Bertz CT molecular complexity index is 117. The maximum absolute atomic E-state index is 3.32. The third-order valence-electron chi connectivity index (χ3n) is 2.41. The summed E-state index contributed by atoms with van der Waals surface area (Å²) in [7, 11) is 2.05. The fraction of sp³-hybridized carbons (Fsp3) is 1.00. The van der Waals surface area contributed by atoms with Gasteiger partial charge in [0.1, 0.15) is 0 Å². The van der Waals surface area contributed by atoms with E-state index in [2.05, 4.69) is 47.0 Å². The van der Waals surface area contributed by atoms with Gasteiger partial charge in [-0.25, -0.2) is 0 Å². The molecule has 0 aromatic rings. The summed E-state index contributed by atoms with van der Waals surface area (Å²) in [6.07, 6.45) is 2.65. The quantitative estimate of drug-likeness (QED) is 0.669. The molecule has 13 heavy (non-hydrogen) atoms. The summed E-state index contributed by atoms with van der Waals surface area (Å²) in [5, 5.41) is 3.32. The highest BCUT2D eigenvalue weighted by Crippen LogP contribution is 2.32. The standard InChI is InChI=1S/C12H27N/c1-10(2)7-12(5,9-13-6)8-11(3)4/h10-11,13H,7-9H2,1-6H3.